The molecule has 5 nitrogen and oxygen atoms in total. The standard InChI is InChI=1S/C14H24N4OS.ClH/c1-2-4-13(15)14(19)18-6-3-5-17(7-8-18)9-12-10-20-11-16-12;/h10-11,13H,2-9,15H2,1H3;1H. The van der Waals surface area contributed by atoms with E-state index in [4.69, 9.17) is 5.73 Å². The predicted octanol–water partition coefficient (Wildman–Crippen LogP) is 1.73. The maximum absolute atomic E-state index is 12.2. The highest BCUT2D eigenvalue weighted by Gasteiger charge is 2.23. The molecule has 0 saturated carbocycles. The lowest BCUT2D eigenvalue weighted by molar-refractivity contribution is -0.132. The highest BCUT2D eigenvalue weighted by Crippen LogP contribution is 2.10. The summed E-state index contributed by atoms with van der Waals surface area (Å²) >= 11 is 1.63. The molecule has 0 radical (unpaired) electrons. The van der Waals surface area contributed by atoms with Gasteiger partial charge >= 0.3 is 0 Å². The van der Waals surface area contributed by atoms with E-state index in [1.165, 1.54) is 0 Å². The van der Waals surface area contributed by atoms with Crippen LogP contribution in [0.3, 0.4) is 0 Å². The molecule has 0 aromatic carbocycles. The summed E-state index contributed by atoms with van der Waals surface area (Å²) in [4.78, 5) is 20.9. The fourth-order valence-electron chi connectivity index (χ4n) is 2.56. The van der Waals surface area contributed by atoms with E-state index < -0.39 is 0 Å². The first kappa shape index (κ1) is 18.4. The minimum absolute atomic E-state index is 0. The van der Waals surface area contributed by atoms with Crippen molar-refractivity contribution < 1.29 is 4.79 Å². The molecule has 1 aromatic rings. The van der Waals surface area contributed by atoms with E-state index in [1.807, 2.05) is 10.4 Å². The third-order valence-corrected chi connectivity index (χ3v) is 4.32. The van der Waals surface area contributed by atoms with E-state index >= 15 is 0 Å². The van der Waals surface area contributed by atoms with E-state index in [-0.39, 0.29) is 24.4 Å². The molecule has 2 heterocycles. The molecule has 1 unspecified atom stereocenters. The number of halogens is 1. The molecular formula is C14H25ClN4OS. The van der Waals surface area contributed by atoms with E-state index in [2.05, 4.69) is 22.2 Å². The lowest BCUT2D eigenvalue weighted by Gasteiger charge is -2.24. The summed E-state index contributed by atoms with van der Waals surface area (Å²) in [6.45, 7) is 6.47. The molecule has 1 atom stereocenters. The first-order chi connectivity index (χ1) is 9.70. The average Bonchev–Trinajstić information content (AvgIpc) is 2.83. The van der Waals surface area contributed by atoms with Gasteiger partial charge in [-0.2, -0.15) is 0 Å². The molecule has 21 heavy (non-hydrogen) atoms. The van der Waals surface area contributed by atoms with Crippen molar-refractivity contribution in [3.8, 4) is 0 Å². The van der Waals surface area contributed by atoms with Crippen molar-refractivity contribution in [2.45, 2.75) is 38.8 Å². The Balaban J connectivity index is 0.00000220. The SMILES string of the molecule is CCCC(N)C(=O)N1CCCN(Cc2cscn2)CC1.Cl. The topological polar surface area (TPSA) is 62.5 Å². The van der Waals surface area contributed by atoms with Crippen molar-refractivity contribution >= 4 is 29.7 Å². The van der Waals surface area contributed by atoms with Crippen LogP contribution < -0.4 is 5.73 Å². The molecule has 1 amide bonds. The van der Waals surface area contributed by atoms with Crippen molar-refractivity contribution in [1.82, 2.24) is 14.8 Å². The Kier molecular flexibility index (Phi) is 8.18. The number of hydrogen-bond acceptors (Lipinski definition) is 5. The summed E-state index contributed by atoms with van der Waals surface area (Å²) in [5.41, 5.74) is 8.93. The lowest BCUT2D eigenvalue weighted by Crippen LogP contribution is -2.45. The van der Waals surface area contributed by atoms with Gasteiger partial charge in [-0.25, -0.2) is 4.98 Å². The van der Waals surface area contributed by atoms with Crippen LogP contribution >= 0.6 is 23.7 Å². The fourth-order valence-corrected chi connectivity index (χ4v) is 3.11. The average molecular weight is 333 g/mol. The van der Waals surface area contributed by atoms with E-state index in [0.717, 1.165) is 57.7 Å². The van der Waals surface area contributed by atoms with Crippen molar-refractivity contribution in [2.24, 2.45) is 5.73 Å². The molecule has 0 aliphatic carbocycles. The number of carbonyl (C=O) groups excluding carboxylic acids is 1. The van der Waals surface area contributed by atoms with E-state index in [9.17, 15) is 4.79 Å². The quantitative estimate of drug-likeness (QED) is 0.892. The summed E-state index contributed by atoms with van der Waals surface area (Å²) in [5.74, 6) is 0.113. The lowest BCUT2D eigenvalue weighted by atomic mass is 10.1. The second-order valence-corrected chi connectivity index (χ2v) is 6.05. The summed E-state index contributed by atoms with van der Waals surface area (Å²) in [5, 5.41) is 2.09. The summed E-state index contributed by atoms with van der Waals surface area (Å²) in [7, 11) is 0. The molecule has 1 saturated heterocycles. The highest BCUT2D eigenvalue weighted by atomic mass is 35.5. The number of nitrogens with two attached hydrogens (primary N) is 1. The van der Waals surface area contributed by atoms with Gasteiger partial charge in [-0.1, -0.05) is 13.3 Å². The summed E-state index contributed by atoms with van der Waals surface area (Å²) in [6, 6.07) is -0.329. The third-order valence-electron chi connectivity index (χ3n) is 3.69. The third kappa shape index (κ3) is 5.54. The maximum Gasteiger partial charge on any atom is 0.239 e. The Morgan fingerprint density at radius 1 is 1.43 bits per heavy atom. The summed E-state index contributed by atoms with van der Waals surface area (Å²) < 4.78 is 0. The van der Waals surface area contributed by atoms with Gasteiger partial charge in [-0.05, 0) is 12.8 Å². The van der Waals surface area contributed by atoms with Crippen LogP contribution in [0, 0.1) is 0 Å². The number of carbonyl (C=O) groups is 1. The fraction of sp³-hybridized carbons (Fsp3) is 0.714. The Bertz CT molecular complexity index is 415. The van der Waals surface area contributed by atoms with Crippen LogP contribution in [0.5, 0.6) is 0 Å². The predicted molar refractivity (Wildman–Crippen MR) is 88.7 cm³/mol. The van der Waals surface area contributed by atoms with Crippen molar-refractivity contribution in [2.75, 3.05) is 26.2 Å². The van der Waals surface area contributed by atoms with Crippen molar-refractivity contribution in [1.29, 1.82) is 0 Å². The van der Waals surface area contributed by atoms with E-state index in [1.54, 1.807) is 11.3 Å². The van der Waals surface area contributed by atoms with Crippen LogP contribution in [0.25, 0.3) is 0 Å². The molecule has 1 aliphatic rings. The second kappa shape index (κ2) is 9.35. The van der Waals surface area contributed by atoms with E-state index in [0.29, 0.717) is 0 Å². The van der Waals surface area contributed by atoms with Crippen molar-refractivity contribution in [3.63, 3.8) is 0 Å². The first-order valence-corrected chi connectivity index (χ1v) is 8.28. The molecule has 0 bridgehead atoms. The maximum atomic E-state index is 12.2. The van der Waals surface area contributed by atoms with Gasteiger partial charge in [-0.3, -0.25) is 9.69 Å². The Morgan fingerprint density at radius 2 is 2.24 bits per heavy atom. The number of rotatable bonds is 5. The van der Waals surface area contributed by atoms with Crippen LogP contribution in [-0.2, 0) is 11.3 Å². The number of hydrogen-bond donors (Lipinski definition) is 1. The molecule has 120 valence electrons. The minimum Gasteiger partial charge on any atom is -0.340 e. The van der Waals surface area contributed by atoms with Gasteiger partial charge in [0.25, 0.3) is 0 Å². The van der Waals surface area contributed by atoms with Gasteiger partial charge in [0, 0.05) is 38.1 Å². The monoisotopic (exact) mass is 332 g/mol. The number of thiazole rings is 1. The van der Waals surface area contributed by atoms with Gasteiger partial charge in [-0.15, -0.1) is 23.7 Å². The second-order valence-electron chi connectivity index (χ2n) is 5.33. The normalized spacial score (nSPS) is 17.9. The molecule has 7 heteroatoms. The van der Waals surface area contributed by atoms with Crippen LogP contribution in [0.15, 0.2) is 10.9 Å². The minimum atomic E-state index is -0.329. The highest BCUT2D eigenvalue weighted by molar-refractivity contribution is 7.07. The molecule has 1 aromatic heterocycles. The molecular weight excluding hydrogens is 308 g/mol. The van der Waals surface area contributed by atoms with Gasteiger partial charge < -0.3 is 10.6 Å². The Labute approximate surface area is 136 Å². The zero-order chi connectivity index (χ0) is 14.4. The molecule has 1 fully saturated rings. The van der Waals surface area contributed by atoms with Gasteiger partial charge in [0.1, 0.15) is 0 Å². The number of aromatic nitrogens is 1. The molecule has 2 N–H and O–H groups in total. The number of nitrogens with zero attached hydrogens (tertiary/aromatic N) is 3. The van der Waals surface area contributed by atoms with Crippen molar-refractivity contribution in [3.05, 3.63) is 16.6 Å². The number of amides is 1. The molecule has 2 rings (SSSR count). The zero-order valence-electron chi connectivity index (χ0n) is 12.5. The van der Waals surface area contributed by atoms with Gasteiger partial charge in [0.2, 0.25) is 5.91 Å². The molecule has 1 aliphatic heterocycles. The Morgan fingerprint density at radius 3 is 2.90 bits per heavy atom. The first-order valence-electron chi connectivity index (χ1n) is 7.34. The molecule has 0 spiro atoms. The van der Waals surface area contributed by atoms with Crippen LogP contribution in [0.4, 0.5) is 0 Å². The van der Waals surface area contributed by atoms with Gasteiger partial charge in [0.15, 0.2) is 0 Å². The zero-order valence-corrected chi connectivity index (χ0v) is 14.2. The van der Waals surface area contributed by atoms with Crippen LogP contribution in [0.1, 0.15) is 31.9 Å². The Hall–Kier alpha value is -0.690. The summed E-state index contributed by atoms with van der Waals surface area (Å²) in [6.07, 6.45) is 2.74. The van der Waals surface area contributed by atoms with Crippen LogP contribution in [0.2, 0.25) is 0 Å². The smallest absolute Gasteiger partial charge is 0.239 e. The van der Waals surface area contributed by atoms with Gasteiger partial charge in [0.05, 0.1) is 17.2 Å². The van der Waals surface area contributed by atoms with Crippen LogP contribution in [-0.4, -0.2) is 52.9 Å². The largest absolute Gasteiger partial charge is 0.340 e.